The molecular formula is C31H35FN2O5. The zero-order valence-corrected chi connectivity index (χ0v) is 23.3. The van der Waals surface area contributed by atoms with Gasteiger partial charge < -0.3 is 19.1 Å². The number of amides is 1. The third kappa shape index (κ3) is 6.23. The minimum Gasteiger partial charge on any atom is -0.486 e. The zero-order valence-electron chi connectivity index (χ0n) is 23.3. The van der Waals surface area contributed by atoms with Gasteiger partial charge in [0.25, 0.3) is 0 Å². The summed E-state index contributed by atoms with van der Waals surface area (Å²) in [6.07, 6.45) is -0.169. The molecule has 1 unspecified atom stereocenters. The first-order chi connectivity index (χ1) is 18.5. The smallest absolute Gasteiger partial charge is 0.414 e. The van der Waals surface area contributed by atoms with Crippen LogP contribution in [-0.2, 0) is 11.3 Å². The lowest BCUT2D eigenvalue weighted by Gasteiger charge is -2.39. The summed E-state index contributed by atoms with van der Waals surface area (Å²) in [5.74, 6) is -0.959. The van der Waals surface area contributed by atoms with E-state index in [-0.39, 0.29) is 47.3 Å². The number of benzene rings is 3. The molecule has 1 aliphatic rings. The summed E-state index contributed by atoms with van der Waals surface area (Å²) in [4.78, 5) is 30.3. The Hall–Kier alpha value is -3.91. The summed E-state index contributed by atoms with van der Waals surface area (Å²) in [6.45, 7) is 7.18. The molecule has 0 bridgehead atoms. The summed E-state index contributed by atoms with van der Waals surface area (Å²) in [5, 5.41) is 0. The Morgan fingerprint density at radius 2 is 1.64 bits per heavy atom. The minimum atomic E-state index is -0.779. The summed E-state index contributed by atoms with van der Waals surface area (Å²) in [6, 6.07) is 17.6. The lowest BCUT2D eigenvalue weighted by atomic mass is 9.89. The molecule has 0 saturated heterocycles. The predicted molar refractivity (Wildman–Crippen MR) is 148 cm³/mol. The minimum absolute atomic E-state index is 0.0704. The Balaban J connectivity index is 1.93. The van der Waals surface area contributed by atoms with Gasteiger partial charge in [-0.2, -0.15) is 0 Å². The number of hydrogen-bond acceptors (Lipinski definition) is 6. The maximum Gasteiger partial charge on any atom is 0.414 e. The van der Waals surface area contributed by atoms with Crippen LogP contribution < -0.4 is 14.4 Å². The highest BCUT2D eigenvalue weighted by Gasteiger charge is 2.41. The highest BCUT2D eigenvalue weighted by atomic mass is 19.1. The van der Waals surface area contributed by atoms with Crippen LogP contribution in [0.3, 0.4) is 0 Å². The fourth-order valence-corrected chi connectivity index (χ4v) is 4.68. The van der Waals surface area contributed by atoms with Crippen LogP contribution in [0.5, 0.6) is 11.5 Å². The van der Waals surface area contributed by atoms with E-state index in [1.165, 1.54) is 11.8 Å². The molecule has 1 atom stereocenters. The van der Waals surface area contributed by atoms with Crippen LogP contribution >= 0.6 is 0 Å². The maximum absolute atomic E-state index is 16.3. The number of rotatable bonds is 6. The number of fused-ring (bicyclic) bond motifs is 1. The van der Waals surface area contributed by atoms with Crippen molar-refractivity contribution < 1.29 is 28.2 Å². The van der Waals surface area contributed by atoms with Gasteiger partial charge in [-0.3, -0.25) is 4.90 Å². The van der Waals surface area contributed by atoms with Crippen LogP contribution in [0.15, 0.2) is 60.7 Å². The van der Waals surface area contributed by atoms with Crippen LogP contribution in [0.2, 0.25) is 0 Å². The molecule has 3 aromatic carbocycles. The van der Waals surface area contributed by atoms with Gasteiger partial charge in [0.05, 0.1) is 5.69 Å². The molecule has 1 aliphatic heterocycles. The van der Waals surface area contributed by atoms with E-state index in [4.69, 9.17) is 14.2 Å². The maximum atomic E-state index is 16.3. The van der Waals surface area contributed by atoms with E-state index >= 15 is 4.39 Å². The second kappa shape index (κ2) is 11.5. The highest BCUT2D eigenvalue weighted by Crippen LogP contribution is 2.48. The summed E-state index contributed by atoms with van der Waals surface area (Å²) in [7, 11) is 3.71. The number of anilines is 1. The molecule has 0 aliphatic carbocycles. The Morgan fingerprint density at radius 3 is 2.23 bits per heavy atom. The van der Waals surface area contributed by atoms with Crippen molar-refractivity contribution in [3.8, 4) is 11.5 Å². The van der Waals surface area contributed by atoms with Gasteiger partial charge in [0.1, 0.15) is 29.3 Å². The average Bonchev–Trinajstić information content (AvgIpc) is 2.89. The Bertz CT molecular complexity index is 1340. The second-order valence-electron chi connectivity index (χ2n) is 10.8. The molecule has 0 fully saturated rings. The molecule has 3 aromatic rings. The van der Waals surface area contributed by atoms with E-state index in [9.17, 15) is 9.59 Å². The number of carbonyl (C=O) groups excluding carboxylic acids is 2. The first kappa shape index (κ1) is 28.1. The summed E-state index contributed by atoms with van der Waals surface area (Å²) in [5.41, 5.74) is 0.565. The fourth-order valence-electron chi connectivity index (χ4n) is 4.68. The Kier molecular flexibility index (Phi) is 8.25. The molecule has 0 N–H and O–H groups in total. The van der Waals surface area contributed by atoms with Crippen LogP contribution in [0.25, 0.3) is 0 Å². The van der Waals surface area contributed by atoms with Crippen LogP contribution in [0.1, 0.15) is 60.3 Å². The molecule has 8 heteroatoms. The zero-order chi connectivity index (χ0) is 28.3. The standard InChI is InChI=1S/C31H35FN2O5/c1-20-24(29(35)38-22-15-11-8-12-16-22)28(37-19-21-13-9-7-10-14-21)27-25(26(20)32)23(33(5)6)17-18-34(27)30(36)39-31(2,3)4/h7-16,23H,17-19H2,1-6H3. The molecule has 39 heavy (non-hydrogen) atoms. The lowest BCUT2D eigenvalue weighted by molar-refractivity contribution is 0.0568. The van der Waals surface area contributed by atoms with Crippen molar-refractivity contribution in [3.63, 3.8) is 0 Å². The lowest BCUT2D eigenvalue weighted by Crippen LogP contribution is -2.43. The quantitative estimate of drug-likeness (QED) is 0.260. The van der Waals surface area contributed by atoms with Gasteiger partial charge in [0.2, 0.25) is 0 Å². The molecular weight excluding hydrogens is 499 g/mol. The van der Waals surface area contributed by atoms with Crippen LogP contribution in [0, 0.1) is 12.7 Å². The van der Waals surface area contributed by atoms with Crippen molar-refractivity contribution in [1.82, 2.24) is 4.90 Å². The van der Waals surface area contributed by atoms with Crippen molar-refractivity contribution >= 4 is 17.7 Å². The molecule has 206 valence electrons. The number of carbonyl (C=O) groups is 2. The van der Waals surface area contributed by atoms with Crippen molar-refractivity contribution in [2.24, 2.45) is 0 Å². The Morgan fingerprint density at radius 1 is 1.03 bits per heavy atom. The first-order valence-electron chi connectivity index (χ1n) is 12.9. The largest absolute Gasteiger partial charge is 0.486 e. The van der Waals surface area contributed by atoms with E-state index in [2.05, 4.69) is 0 Å². The van der Waals surface area contributed by atoms with Crippen molar-refractivity contribution in [1.29, 1.82) is 0 Å². The highest BCUT2D eigenvalue weighted by molar-refractivity contribution is 6.02. The number of esters is 1. The summed E-state index contributed by atoms with van der Waals surface area (Å²) >= 11 is 0. The van der Waals surface area contributed by atoms with Gasteiger partial charge in [-0.25, -0.2) is 14.0 Å². The first-order valence-corrected chi connectivity index (χ1v) is 12.9. The van der Waals surface area contributed by atoms with E-state index in [1.54, 1.807) is 51.1 Å². The number of para-hydroxylation sites is 1. The molecule has 0 saturated carbocycles. The predicted octanol–water partition coefficient (Wildman–Crippen LogP) is 6.68. The van der Waals surface area contributed by atoms with Gasteiger partial charge in [0.15, 0.2) is 5.75 Å². The van der Waals surface area contributed by atoms with E-state index < -0.39 is 23.5 Å². The van der Waals surface area contributed by atoms with Crippen molar-refractivity contribution in [2.45, 2.75) is 52.4 Å². The van der Waals surface area contributed by atoms with Gasteiger partial charge in [-0.1, -0.05) is 48.5 Å². The molecule has 7 nitrogen and oxygen atoms in total. The number of hydrogen-bond donors (Lipinski definition) is 0. The third-order valence-electron chi connectivity index (χ3n) is 6.49. The van der Waals surface area contributed by atoms with Crippen LogP contribution in [0.4, 0.5) is 14.9 Å². The number of ether oxygens (including phenoxy) is 3. The van der Waals surface area contributed by atoms with E-state index in [0.717, 1.165) is 5.56 Å². The molecule has 1 amide bonds. The molecule has 1 heterocycles. The number of halogens is 1. The van der Waals surface area contributed by atoms with E-state index in [1.807, 2.05) is 49.3 Å². The third-order valence-corrected chi connectivity index (χ3v) is 6.49. The SMILES string of the molecule is Cc1c(F)c2c(c(OCc3ccccc3)c1C(=O)Oc1ccccc1)N(C(=O)OC(C)(C)C)CCC2N(C)C. The van der Waals surface area contributed by atoms with Gasteiger partial charge >= 0.3 is 12.1 Å². The number of nitrogens with zero attached hydrogens (tertiary/aromatic N) is 2. The normalized spacial score (nSPS) is 15.1. The van der Waals surface area contributed by atoms with E-state index in [0.29, 0.717) is 12.2 Å². The van der Waals surface area contributed by atoms with Gasteiger partial charge in [-0.15, -0.1) is 0 Å². The van der Waals surface area contributed by atoms with Crippen molar-refractivity contribution in [3.05, 3.63) is 88.7 Å². The molecule has 4 rings (SSSR count). The molecule has 0 radical (unpaired) electrons. The van der Waals surface area contributed by atoms with Gasteiger partial charge in [-0.05, 0) is 65.9 Å². The van der Waals surface area contributed by atoms with Gasteiger partial charge in [0, 0.05) is 23.7 Å². The molecule has 0 spiro atoms. The average molecular weight is 535 g/mol. The fraction of sp³-hybridized carbons (Fsp3) is 0.355. The summed E-state index contributed by atoms with van der Waals surface area (Å²) < 4.78 is 34.0. The second-order valence-corrected chi connectivity index (χ2v) is 10.8. The Labute approximate surface area is 229 Å². The van der Waals surface area contributed by atoms with Crippen LogP contribution in [-0.4, -0.2) is 43.2 Å². The topological polar surface area (TPSA) is 68.3 Å². The van der Waals surface area contributed by atoms with Crippen molar-refractivity contribution in [2.75, 3.05) is 25.5 Å². The monoisotopic (exact) mass is 534 g/mol. The molecule has 0 aromatic heterocycles.